The SMILES string of the molecule is O=C(O)c1ccccc1Nc1c(CN2CCc3ccccc3C2)cnc2ccc(Cl)cc12. The Bertz CT molecular complexity index is 1320. The van der Waals surface area contributed by atoms with Crippen LogP contribution in [-0.2, 0) is 19.5 Å². The van der Waals surface area contributed by atoms with Gasteiger partial charge in [0.25, 0.3) is 0 Å². The third kappa shape index (κ3) is 4.05. The molecular formula is C26H22ClN3O2. The molecule has 5 rings (SSSR count). The highest BCUT2D eigenvalue weighted by atomic mass is 35.5. The van der Waals surface area contributed by atoms with E-state index in [1.807, 2.05) is 30.5 Å². The van der Waals surface area contributed by atoms with E-state index < -0.39 is 5.97 Å². The van der Waals surface area contributed by atoms with Crippen LogP contribution in [0.2, 0.25) is 5.02 Å². The first kappa shape index (κ1) is 20.5. The first-order valence-corrected chi connectivity index (χ1v) is 10.9. The molecule has 0 amide bonds. The number of halogens is 1. The summed E-state index contributed by atoms with van der Waals surface area (Å²) < 4.78 is 0. The van der Waals surface area contributed by atoms with Crippen LogP contribution in [0.4, 0.5) is 11.4 Å². The molecule has 6 heteroatoms. The fraction of sp³-hybridized carbons (Fsp3) is 0.154. The van der Waals surface area contributed by atoms with Crippen molar-refractivity contribution >= 4 is 39.8 Å². The molecule has 0 aliphatic carbocycles. The Labute approximate surface area is 191 Å². The van der Waals surface area contributed by atoms with Gasteiger partial charge in [0.1, 0.15) is 0 Å². The molecule has 0 bridgehead atoms. The summed E-state index contributed by atoms with van der Waals surface area (Å²) in [4.78, 5) is 18.8. The molecule has 0 fully saturated rings. The summed E-state index contributed by atoms with van der Waals surface area (Å²) in [7, 11) is 0. The number of carboxylic acid groups (broad SMARTS) is 1. The molecule has 0 saturated heterocycles. The van der Waals surface area contributed by atoms with Gasteiger partial charge in [0.15, 0.2) is 0 Å². The number of hydrogen-bond acceptors (Lipinski definition) is 4. The third-order valence-corrected chi connectivity index (χ3v) is 6.16. The second kappa shape index (κ2) is 8.61. The lowest BCUT2D eigenvalue weighted by Crippen LogP contribution is -2.30. The summed E-state index contributed by atoms with van der Waals surface area (Å²) in [6.07, 6.45) is 2.89. The minimum absolute atomic E-state index is 0.220. The van der Waals surface area contributed by atoms with E-state index in [0.717, 1.165) is 41.7 Å². The monoisotopic (exact) mass is 443 g/mol. The lowest BCUT2D eigenvalue weighted by Gasteiger charge is -2.29. The van der Waals surface area contributed by atoms with Crippen molar-refractivity contribution in [3.05, 3.63) is 100 Å². The van der Waals surface area contributed by atoms with E-state index in [1.165, 1.54) is 11.1 Å². The van der Waals surface area contributed by atoms with Crippen LogP contribution in [0.25, 0.3) is 10.9 Å². The average molecular weight is 444 g/mol. The number of pyridine rings is 1. The Morgan fingerprint density at radius 2 is 1.84 bits per heavy atom. The molecule has 5 nitrogen and oxygen atoms in total. The zero-order valence-corrected chi connectivity index (χ0v) is 18.1. The van der Waals surface area contributed by atoms with E-state index in [0.29, 0.717) is 17.3 Å². The molecular weight excluding hydrogens is 422 g/mol. The lowest BCUT2D eigenvalue weighted by atomic mass is 9.99. The maximum Gasteiger partial charge on any atom is 0.337 e. The number of anilines is 2. The number of rotatable bonds is 5. The number of carbonyl (C=O) groups is 1. The molecule has 0 unspecified atom stereocenters. The van der Waals surface area contributed by atoms with Crippen molar-refractivity contribution in [1.82, 2.24) is 9.88 Å². The summed E-state index contributed by atoms with van der Waals surface area (Å²) in [5.74, 6) is -0.973. The van der Waals surface area contributed by atoms with Crippen LogP contribution in [0.3, 0.4) is 0 Å². The number of carboxylic acids is 1. The number of aromatic nitrogens is 1. The molecule has 4 aromatic rings. The maximum absolute atomic E-state index is 11.8. The van der Waals surface area contributed by atoms with Gasteiger partial charge < -0.3 is 10.4 Å². The quantitative estimate of drug-likeness (QED) is 0.402. The minimum atomic E-state index is -0.973. The second-order valence-electron chi connectivity index (χ2n) is 8.03. The van der Waals surface area contributed by atoms with Gasteiger partial charge in [0.05, 0.1) is 22.5 Å². The van der Waals surface area contributed by atoms with Gasteiger partial charge in [-0.3, -0.25) is 9.88 Å². The average Bonchev–Trinajstić information content (AvgIpc) is 2.81. The molecule has 1 aromatic heterocycles. The summed E-state index contributed by atoms with van der Waals surface area (Å²) in [5, 5.41) is 14.5. The minimum Gasteiger partial charge on any atom is -0.478 e. The fourth-order valence-corrected chi connectivity index (χ4v) is 4.49. The van der Waals surface area contributed by atoms with Gasteiger partial charge in [-0.15, -0.1) is 0 Å². The molecule has 0 saturated carbocycles. The largest absolute Gasteiger partial charge is 0.478 e. The Hall–Kier alpha value is -3.41. The maximum atomic E-state index is 11.8. The third-order valence-electron chi connectivity index (χ3n) is 5.93. The van der Waals surface area contributed by atoms with Gasteiger partial charge >= 0.3 is 5.97 Å². The van der Waals surface area contributed by atoms with Gasteiger partial charge in [-0.2, -0.15) is 0 Å². The Balaban J connectivity index is 1.55. The van der Waals surface area contributed by atoms with Gasteiger partial charge in [0.2, 0.25) is 0 Å². The molecule has 0 spiro atoms. The van der Waals surface area contributed by atoms with E-state index >= 15 is 0 Å². The van der Waals surface area contributed by atoms with Crippen LogP contribution in [0.15, 0.2) is 72.9 Å². The number of para-hydroxylation sites is 1. The van der Waals surface area contributed by atoms with E-state index in [4.69, 9.17) is 11.6 Å². The first-order chi connectivity index (χ1) is 15.6. The molecule has 0 radical (unpaired) electrons. The number of fused-ring (bicyclic) bond motifs is 2. The highest BCUT2D eigenvalue weighted by molar-refractivity contribution is 6.31. The Morgan fingerprint density at radius 3 is 2.69 bits per heavy atom. The number of aromatic carboxylic acids is 1. The molecule has 1 aliphatic rings. The van der Waals surface area contributed by atoms with Gasteiger partial charge in [0, 0.05) is 41.8 Å². The Morgan fingerprint density at radius 1 is 1.06 bits per heavy atom. The van der Waals surface area contributed by atoms with E-state index in [1.54, 1.807) is 18.2 Å². The summed E-state index contributed by atoms with van der Waals surface area (Å²) in [6, 6.07) is 21.1. The molecule has 1 aliphatic heterocycles. The van der Waals surface area contributed by atoms with Crippen LogP contribution in [0.5, 0.6) is 0 Å². The molecule has 2 heterocycles. The van der Waals surface area contributed by atoms with E-state index in [2.05, 4.69) is 39.5 Å². The van der Waals surface area contributed by atoms with Crippen molar-refractivity contribution in [2.75, 3.05) is 11.9 Å². The number of nitrogens with zero attached hydrogens (tertiary/aromatic N) is 2. The highest BCUT2D eigenvalue weighted by Gasteiger charge is 2.19. The molecule has 32 heavy (non-hydrogen) atoms. The lowest BCUT2D eigenvalue weighted by molar-refractivity contribution is 0.0698. The predicted octanol–water partition coefficient (Wildman–Crippen LogP) is 5.89. The van der Waals surface area contributed by atoms with Gasteiger partial charge in [-0.05, 0) is 47.9 Å². The zero-order chi connectivity index (χ0) is 22.1. The molecule has 0 atom stereocenters. The van der Waals surface area contributed by atoms with Crippen molar-refractivity contribution in [3.63, 3.8) is 0 Å². The fourth-order valence-electron chi connectivity index (χ4n) is 4.32. The number of benzene rings is 3. The molecule has 2 N–H and O–H groups in total. The standard InChI is InChI=1S/C26H22ClN3O2/c27-20-9-10-23-22(13-20)25(29-24-8-4-3-7-21(24)26(31)32)19(14-28-23)16-30-12-11-17-5-1-2-6-18(17)15-30/h1-10,13-14H,11-12,15-16H2,(H,28,29)(H,31,32). The summed E-state index contributed by atoms with van der Waals surface area (Å²) >= 11 is 6.32. The van der Waals surface area contributed by atoms with Crippen molar-refractivity contribution in [2.45, 2.75) is 19.5 Å². The smallest absolute Gasteiger partial charge is 0.337 e. The first-order valence-electron chi connectivity index (χ1n) is 10.5. The van der Waals surface area contributed by atoms with Crippen molar-refractivity contribution < 1.29 is 9.90 Å². The van der Waals surface area contributed by atoms with E-state index in [9.17, 15) is 9.90 Å². The van der Waals surface area contributed by atoms with Crippen LogP contribution < -0.4 is 5.32 Å². The highest BCUT2D eigenvalue weighted by Crippen LogP contribution is 2.33. The van der Waals surface area contributed by atoms with Crippen molar-refractivity contribution in [2.24, 2.45) is 0 Å². The predicted molar refractivity (Wildman–Crippen MR) is 128 cm³/mol. The van der Waals surface area contributed by atoms with Crippen LogP contribution in [-0.4, -0.2) is 27.5 Å². The molecule has 160 valence electrons. The van der Waals surface area contributed by atoms with Crippen molar-refractivity contribution in [3.8, 4) is 0 Å². The van der Waals surface area contributed by atoms with E-state index in [-0.39, 0.29) is 5.56 Å². The summed E-state index contributed by atoms with van der Waals surface area (Å²) in [6.45, 7) is 2.52. The van der Waals surface area contributed by atoms with Crippen LogP contribution in [0.1, 0.15) is 27.0 Å². The Kier molecular flexibility index (Phi) is 5.52. The topological polar surface area (TPSA) is 65.5 Å². The molecule has 3 aromatic carbocycles. The number of hydrogen-bond donors (Lipinski definition) is 2. The summed E-state index contributed by atoms with van der Waals surface area (Å²) in [5.41, 5.74) is 6.15. The van der Waals surface area contributed by atoms with Gasteiger partial charge in [-0.25, -0.2) is 4.79 Å². The normalized spacial score (nSPS) is 13.7. The van der Waals surface area contributed by atoms with Gasteiger partial charge in [-0.1, -0.05) is 48.0 Å². The van der Waals surface area contributed by atoms with Crippen LogP contribution >= 0.6 is 11.6 Å². The number of nitrogens with one attached hydrogen (secondary N) is 1. The second-order valence-corrected chi connectivity index (χ2v) is 8.46. The van der Waals surface area contributed by atoms with Crippen LogP contribution in [0, 0.1) is 0 Å². The zero-order valence-electron chi connectivity index (χ0n) is 17.4. The van der Waals surface area contributed by atoms with Crippen molar-refractivity contribution in [1.29, 1.82) is 0 Å².